The van der Waals surface area contributed by atoms with E-state index in [2.05, 4.69) is 86.8 Å². The Morgan fingerprint density at radius 1 is 1.17 bits per heavy atom. The van der Waals surface area contributed by atoms with Crippen LogP contribution in [0.25, 0.3) is 0 Å². The van der Waals surface area contributed by atoms with Crippen molar-refractivity contribution in [3.8, 4) is 0 Å². The van der Waals surface area contributed by atoms with Gasteiger partial charge in [0.25, 0.3) is 0 Å². The summed E-state index contributed by atoms with van der Waals surface area (Å²) in [5.41, 5.74) is 2.20. The molecule has 18 heavy (non-hydrogen) atoms. The number of halogens is 1. The fourth-order valence-corrected chi connectivity index (χ4v) is 3.64. The van der Waals surface area contributed by atoms with Crippen molar-refractivity contribution >= 4 is 22.6 Å². The van der Waals surface area contributed by atoms with Crippen LogP contribution in [0.4, 0.5) is 0 Å². The highest BCUT2D eigenvalue weighted by Crippen LogP contribution is 2.68. The van der Waals surface area contributed by atoms with E-state index in [4.69, 9.17) is 0 Å². The molecule has 1 aliphatic rings. The molecule has 0 aromatic heterocycles. The summed E-state index contributed by atoms with van der Waals surface area (Å²) >= 11 is 2.37. The van der Waals surface area contributed by atoms with Gasteiger partial charge in [0.2, 0.25) is 0 Å². The highest BCUT2D eigenvalue weighted by molar-refractivity contribution is 14.1. The van der Waals surface area contributed by atoms with Crippen LogP contribution in [0.15, 0.2) is 24.3 Å². The monoisotopic (exact) mass is 357 g/mol. The zero-order valence-electron chi connectivity index (χ0n) is 12.0. The van der Waals surface area contributed by atoms with E-state index in [1.165, 1.54) is 9.13 Å². The minimum absolute atomic E-state index is 0.319. The van der Waals surface area contributed by atoms with Gasteiger partial charge in [0, 0.05) is 15.0 Å². The fraction of sp³-hybridized carbons (Fsp3) is 0.625. The number of hydrogen-bond acceptors (Lipinski definition) is 1. The Balaban J connectivity index is 2.18. The highest BCUT2D eigenvalue weighted by atomic mass is 127. The predicted octanol–water partition coefficient (Wildman–Crippen LogP) is 4.20. The first-order valence-electron chi connectivity index (χ1n) is 6.79. The van der Waals surface area contributed by atoms with E-state index in [-0.39, 0.29) is 0 Å². The molecular weight excluding hydrogens is 333 g/mol. The lowest BCUT2D eigenvalue weighted by atomic mass is 9.90. The molecule has 100 valence electrons. The molecule has 0 saturated heterocycles. The van der Waals surface area contributed by atoms with Crippen LogP contribution in [0.2, 0.25) is 0 Å². The van der Waals surface area contributed by atoms with Gasteiger partial charge >= 0.3 is 0 Å². The van der Waals surface area contributed by atoms with Gasteiger partial charge in [0.15, 0.2) is 0 Å². The molecule has 2 atom stereocenters. The molecular formula is C16H24IN. The van der Waals surface area contributed by atoms with Gasteiger partial charge in [-0.15, -0.1) is 0 Å². The van der Waals surface area contributed by atoms with E-state index in [0.29, 0.717) is 16.9 Å². The van der Waals surface area contributed by atoms with Crippen LogP contribution in [0.1, 0.15) is 40.2 Å². The first kappa shape index (κ1) is 14.3. The van der Waals surface area contributed by atoms with Crippen LogP contribution in [-0.2, 0) is 5.41 Å². The summed E-state index contributed by atoms with van der Waals surface area (Å²) in [4.78, 5) is 0. The molecule has 1 fully saturated rings. The van der Waals surface area contributed by atoms with E-state index >= 15 is 0 Å². The average molecular weight is 357 g/mol. The number of rotatable bonds is 4. The summed E-state index contributed by atoms with van der Waals surface area (Å²) in [6, 6.07) is 9.63. The fourth-order valence-electron chi connectivity index (χ4n) is 3.28. The topological polar surface area (TPSA) is 12.0 Å². The third kappa shape index (κ3) is 2.22. The molecule has 0 heterocycles. The molecule has 0 bridgehead atoms. The van der Waals surface area contributed by atoms with Gasteiger partial charge < -0.3 is 5.32 Å². The Labute approximate surface area is 125 Å². The zero-order valence-corrected chi connectivity index (χ0v) is 14.2. The van der Waals surface area contributed by atoms with E-state index in [1.807, 2.05) is 0 Å². The Morgan fingerprint density at radius 2 is 1.72 bits per heavy atom. The second-order valence-electron chi connectivity index (χ2n) is 6.55. The maximum atomic E-state index is 3.60. The Hall–Kier alpha value is -0.0900. The molecule has 2 unspecified atom stereocenters. The SMILES string of the molecule is CC(C)NCC1C(C)(C)C1(C)c1ccc(I)cc1. The van der Waals surface area contributed by atoms with Crippen molar-refractivity contribution in [1.29, 1.82) is 0 Å². The molecule has 2 heteroatoms. The van der Waals surface area contributed by atoms with Crippen LogP contribution in [0.5, 0.6) is 0 Å². The normalized spacial score (nSPS) is 29.6. The molecule has 1 aromatic carbocycles. The largest absolute Gasteiger partial charge is 0.314 e. The van der Waals surface area contributed by atoms with Crippen molar-refractivity contribution in [3.63, 3.8) is 0 Å². The summed E-state index contributed by atoms with van der Waals surface area (Å²) in [6.45, 7) is 12.8. The molecule has 0 radical (unpaired) electrons. The van der Waals surface area contributed by atoms with Crippen LogP contribution in [-0.4, -0.2) is 12.6 Å². The van der Waals surface area contributed by atoms with E-state index in [0.717, 1.165) is 12.5 Å². The van der Waals surface area contributed by atoms with E-state index in [9.17, 15) is 0 Å². The van der Waals surface area contributed by atoms with E-state index in [1.54, 1.807) is 0 Å². The van der Waals surface area contributed by atoms with Crippen molar-refractivity contribution < 1.29 is 0 Å². The van der Waals surface area contributed by atoms with E-state index < -0.39 is 0 Å². The van der Waals surface area contributed by atoms with Crippen molar-refractivity contribution in [3.05, 3.63) is 33.4 Å². The summed E-state index contributed by atoms with van der Waals surface area (Å²) in [6.07, 6.45) is 0. The number of benzene rings is 1. The molecule has 0 aliphatic heterocycles. The Morgan fingerprint density at radius 3 is 2.22 bits per heavy atom. The van der Waals surface area contributed by atoms with Crippen molar-refractivity contribution in [2.45, 2.75) is 46.1 Å². The quantitative estimate of drug-likeness (QED) is 0.797. The van der Waals surface area contributed by atoms with Crippen molar-refractivity contribution in [2.75, 3.05) is 6.54 Å². The van der Waals surface area contributed by atoms with Crippen LogP contribution in [0, 0.1) is 14.9 Å². The molecule has 0 amide bonds. The van der Waals surface area contributed by atoms with Gasteiger partial charge in [-0.1, -0.05) is 46.8 Å². The Kier molecular flexibility index (Phi) is 3.81. The summed E-state index contributed by atoms with van der Waals surface area (Å²) in [7, 11) is 0. The molecule has 2 rings (SSSR count). The van der Waals surface area contributed by atoms with Crippen LogP contribution >= 0.6 is 22.6 Å². The lowest BCUT2D eigenvalue weighted by Crippen LogP contribution is -2.27. The van der Waals surface area contributed by atoms with Crippen LogP contribution in [0.3, 0.4) is 0 Å². The summed E-state index contributed by atoms with van der Waals surface area (Å²) in [5, 5.41) is 3.60. The lowest BCUT2D eigenvalue weighted by molar-refractivity contribution is 0.489. The minimum atomic E-state index is 0.319. The second-order valence-corrected chi connectivity index (χ2v) is 7.79. The molecule has 0 spiro atoms. The minimum Gasteiger partial charge on any atom is -0.314 e. The highest BCUT2D eigenvalue weighted by Gasteiger charge is 2.67. The molecule has 1 aliphatic carbocycles. The first-order valence-corrected chi connectivity index (χ1v) is 7.87. The number of hydrogen-bond donors (Lipinski definition) is 1. The summed E-state index contributed by atoms with van der Waals surface area (Å²) < 4.78 is 1.32. The predicted molar refractivity (Wildman–Crippen MR) is 86.9 cm³/mol. The smallest absolute Gasteiger partial charge is 0.0130 e. The van der Waals surface area contributed by atoms with Crippen molar-refractivity contribution in [2.24, 2.45) is 11.3 Å². The number of nitrogens with one attached hydrogen (secondary N) is 1. The first-order chi connectivity index (χ1) is 8.30. The van der Waals surface area contributed by atoms with Crippen molar-refractivity contribution in [1.82, 2.24) is 5.32 Å². The maximum absolute atomic E-state index is 3.60. The van der Waals surface area contributed by atoms with Gasteiger partial charge in [-0.2, -0.15) is 0 Å². The van der Waals surface area contributed by atoms with Gasteiger partial charge in [-0.25, -0.2) is 0 Å². The zero-order chi connectivity index (χ0) is 13.6. The third-order valence-electron chi connectivity index (χ3n) is 5.00. The maximum Gasteiger partial charge on any atom is 0.0130 e. The standard InChI is InChI=1S/C16H24IN/c1-11(2)18-10-14-15(3,4)16(14,5)12-6-8-13(17)9-7-12/h6-9,11,14,18H,10H2,1-5H3. The molecule has 1 saturated carbocycles. The van der Waals surface area contributed by atoms with Gasteiger partial charge in [0.1, 0.15) is 0 Å². The van der Waals surface area contributed by atoms with Crippen LogP contribution < -0.4 is 5.32 Å². The molecule has 1 aromatic rings. The van der Waals surface area contributed by atoms with Gasteiger partial charge in [-0.3, -0.25) is 0 Å². The van der Waals surface area contributed by atoms with Gasteiger partial charge in [-0.05, 0) is 58.2 Å². The Bertz CT molecular complexity index is 421. The molecule has 1 nitrogen and oxygen atoms in total. The van der Waals surface area contributed by atoms with Gasteiger partial charge in [0.05, 0.1) is 0 Å². The lowest BCUT2D eigenvalue weighted by Gasteiger charge is -2.15. The third-order valence-corrected chi connectivity index (χ3v) is 5.72. The average Bonchev–Trinajstić information content (AvgIpc) is 2.72. The summed E-state index contributed by atoms with van der Waals surface area (Å²) in [5.74, 6) is 0.729. The molecule has 1 N–H and O–H groups in total. The second kappa shape index (κ2) is 4.78.